The summed E-state index contributed by atoms with van der Waals surface area (Å²) < 4.78 is 37.6. The Balaban J connectivity index is 1.95. The number of sulfonamides is 1. The van der Waals surface area contributed by atoms with Gasteiger partial charge in [0.25, 0.3) is 10.0 Å². The SMILES string of the molecule is COC(=O)c1cc(NC(=O)CN(c2ccc(OC)c(Cl)c2)S(=O)(=O)c2ccccc2)ccc1Cl. The standard InChI is InChI=1S/C23H20Cl2N2O6S/c1-32-21-11-9-16(13-20(21)25)27(34(30,31)17-6-4-3-5-7-17)14-22(28)26-15-8-10-19(24)18(12-15)23(29)33-2/h3-13H,14H2,1-2H3,(H,26,28). The lowest BCUT2D eigenvalue weighted by atomic mass is 10.2. The lowest BCUT2D eigenvalue weighted by Crippen LogP contribution is -2.38. The number of amides is 1. The molecule has 8 nitrogen and oxygen atoms in total. The fourth-order valence-corrected chi connectivity index (χ4v) is 4.93. The maximum absolute atomic E-state index is 13.4. The van der Waals surface area contributed by atoms with Crippen molar-refractivity contribution in [1.82, 2.24) is 0 Å². The Hall–Kier alpha value is -3.27. The second-order valence-corrected chi connectivity index (χ2v) is 9.55. The first-order valence-corrected chi connectivity index (χ1v) is 12.0. The molecule has 0 fully saturated rings. The Morgan fingerprint density at radius 1 is 0.941 bits per heavy atom. The van der Waals surface area contributed by atoms with Crippen molar-refractivity contribution in [2.75, 3.05) is 30.4 Å². The van der Waals surface area contributed by atoms with E-state index in [0.717, 1.165) is 4.31 Å². The molecule has 0 radical (unpaired) electrons. The quantitative estimate of drug-likeness (QED) is 0.433. The van der Waals surface area contributed by atoms with Gasteiger partial charge in [-0.15, -0.1) is 0 Å². The normalized spacial score (nSPS) is 10.9. The summed E-state index contributed by atoms with van der Waals surface area (Å²) in [4.78, 5) is 24.8. The van der Waals surface area contributed by atoms with Gasteiger partial charge >= 0.3 is 5.97 Å². The third-order valence-corrected chi connectivity index (χ3v) is 7.11. The summed E-state index contributed by atoms with van der Waals surface area (Å²) in [5.74, 6) is -0.990. The Kier molecular flexibility index (Phi) is 8.03. The van der Waals surface area contributed by atoms with Gasteiger partial charge in [0.05, 0.1) is 40.4 Å². The van der Waals surface area contributed by atoms with Crippen LogP contribution in [-0.4, -0.2) is 41.1 Å². The lowest BCUT2D eigenvalue weighted by molar-refractivity contribution is -0.114. The number of carbonyl (C=O) groups excluding carboxylic acids is 2. The van der Waals surface area contributed by atoms with E-state index in [1.807, 2.05) is 0 Å². The third-order valence-electron chi connectivity index (χ3n) is 4.70. The van der Waals surface area contributed by atoms with Crippen LogP contribution in [0.3, 0.4) is 0 Å². The zero-order valence-corrected chi connectivity index (χ0v) is 20.4. The molecule has 34 heavy (non-hydrogen) atoms. The van der Waals surface area contributed by atoms with E-state index in [1.165, 1.54) is 62.8 Å². The molecule has 178 valence electrons. The van der Waals surface area contributed by atoms with Gasteiger partial charge in [0, 0.05) is 5.69 Å². The Morgan fingerprint density at radius 3 is 2.26 bits per heavy atom. The van der Waals surface area contributed by atoms with Gasteiger partial charge in [0.2, 0.25) is 5.91 Å². The minimum Gasteiger partial charge on any atom is -0.495 e. The molecule has 0 spiro atoms. The first-order chi connectivity index (χ1) is 16.2. The Morgan fingerprint density at radius 2 is 1.65 bits per heavy atom. The highest BCUT2D eigenvalue weighted by Crippen LogP contribution is 2.32. The molecule has 1 amide bonds. The van der Waals surface area contributed by atoms with Crippen LogP contribution in [0, 0.1) is 0 Å². The summed E-state index contributed by atoms with van der Waals surface area (Å²) in [6, 6.07) is 16.3. The van der Waals surface area contributed by atoms with Gasteiger partial charge in [0.1, 0.15) is 12.3 Å². The maximum Gasteiger partial charge on any atom is 0.339 e. The fourth-order valence-electron chi connectivity index (χ4n) is 3.05. The van der Waals surface area contributed by atoms with Gasteiger partial charge < -0.3 is 14.8 Å². The van der Waals surface area contributed by atoms with Gasteiger partial charge in [-0.3, -0.25) is 9.10 Å². The first-order valence-electron chi connectivity index (χ1n) is 9.76. The summed E-state index contributed by atoms with van der Waals surface area (Å²) in [5, 5.41) is 2.90. The second-order valence-electron chi connectivity index (χ2n) is 6.88. The van der Waals surface area contributed by atoms with Crippen LogP contribution in [0.25, 0.3) is 0 Å². The van der Waals surface area contributed by atoms with Crippen LogP contribution in [0.5, 0.6) is 5.75 Å². The van der Waals surface area contributed by atoms with Gasteiger partial charge in [-0.05, 0) is 48.5 Å². The molecule has 0 saturated heterocycles. The van der Waals surface area contributed by atoms with Gasteiger partial charge in [0.15, 0.2) is 0 Å². The number of nitrogens with zero attached hydrogens (tertiary/aromatic N) is 1. The van der Waals surface area contributed by atoms with E-state index < -0.39 is 28.4 Å². The van der Waals surface area contributed by atoms with Crippen molar-refractivity contribution in [2.24, 2.45) is 0 Å². The number of ether oxygens (including phenoxy) is 2. The molecule has 3 rings (SSSR count). The van der Waals surface area contributed by atoms with Crippen molar-refractivity contribution < 1.29 is 27.5 Å². The highest BCUT2D eigenvalue weighted by molar-refractivity contribution is 7.92. The zero-order valence-electron chi connectivity index (χ0n) is 18.1. The van der Waals surface area contributed by atoms with Crippen LogP contribution < -0.4 is 14.4 Å². The predicted molar refractivity (Wildman–Crippen MR) is 130 cm³/mol. The third kappa shape index (κ3) is 5.61. The molecule has 3 aromatic rings. The molecule has 0 aliphatic heterocycles. The molecule has 1 N–H and O–H groups in total. The van der Waals surface area contributed by atoms with Crippen molar-refractivity contribution >= 4 is 56.5 Å². The summed E-state index contributed by atoms with van der Waals surface area (Å²) in [7, 11) is -1.50. The number of rotatable bonds is 8. The highest BCUT2D eigenvalue weighted by Gasteiger charge is 2.28. The first kappa shape index (κ1) is 25.4. The summed E-state index contributed by atoms with van der Waals surface area (Å²) in [6.07, 6.45) is 0. The molecule has 3 aromatic carbocycles. The van der Waals surface area contributed by atoms with Gasteiger partial charge in [-0.25, -0.2) is 13.2 Å². The molecular weight excluding hydrogens is 503 g/mol. The molecular formula is C23H20Cl2N2O6S. The van der Waals surface area contributed by atoms with E-state index >= 15 is 0 Å². The molecule has 0 saturated carbocycles. The smallest absolute Gasteiger partial charge is 0.339 e. The monoisotopic (exact) mass is 522 g/mol. The summed E-state index contributed by atoms with van der Waals surface area (Å²) in [5.41, 5.74) is 0.452. The highest BCUT2D eigenvalue weighted by atomic mass is 35.5. The predicted octanol–water partition coefficient (Wildman–Crippen LogP) is 4.62. The second kappa shape index (κ2) is 10.8. The molecule has 0 atom stereocenters. The van der Waals surface area contributed by atoms with E-state index in [2.05, 4.69) is 10.1 Å². The van der Waals surface area contributed by atoms with Gasteiger partial charge in [-0.2, -0.15) is 0 Å². The number of methoxy groups -OCH3 is 2. The van der Waals surface area contributed by atoms with Crippen LogP contribution in [0.4, 0.5) is 11.4 Å². The Bertz CT molecular complexity index is 1320. The number of halogens is 2. The van der Waals surface area contributed by atoms with Crippen molar-refractivity contribution in [3.8, 4) is 5.75 Å². The number of benzene rings is 3. The van der Waals surface area contributed by atoms with E-state index in [4.69, 9.17) is 27.9 Å². The van der Waals surface area contributed by atoms with E-state index in [1.54, 1.807) is 18.2 Å². The molecule has 0 aliphatic rings. The number of nitrogens with one attached hydrogen (secondary N) is 1. The minimum absolute atomic E-state index is 0.00536. The topological polar surface area (TPSA) is 102 Å². The number of anilines is 2. The van der Waals surface area contributed by atoms with Crippen LogP contribution in [0.15, 0.2) is 71.6 Å². The van der Waals surface area contributed by atoms with Crippen LogP contribution in [0.1, 0.15) is 10.4 Å². The molecule has 0 bridgehead atoms. The van der Waals surface area contributed by atoms with Crippen molar-refractivity contribution in [2.45, 2.75) is 4.90 Å². The van der Waals surface area contributed by atoms with Crippen LogP contribution in [0.2, 0.25) is 10.0 Å². The van der Waals surface area contributed by atoms with Crippen molar-refractivity contribution in [3.05, 3.63) is 82.3 Å². The average molecular weight is 523 g/mol. The van der Waals surface area contributed by atoms with Crippen molar-refractivity contribution in [1.29, 1.82) is 0 Å². The van der Waals surface area contributed by atoms with Crippen molar-refractivity contribution in [3.63, 3.8) is 0 Å². The van der Waals surface area contributed by atoms with E-state index in [0.29, 0.717) is 5.75 Å². The maximum atomic E-state index is 13.4. The molecule has 0 unspecified atom stereocenters. The number of hydrogen-bond acceptors (Lipinski definition) is 6. The van der Waals surface area contributed by atoms with E-state index in [9.17, 15) is 18.0 Å². The number of carbonyl (C=O) groups is 2. The largest absolute Gasteiger partial charge is 0.495 e. The molecule has 0 aliphatic carbocycles. The van der Waals surface area contributed by atoms with Crippen LogP contribution in [-0.2, 0) is 19.6 Å². The molecule has 11 heteroatoms. The average Bonchev–Trinajstić information content (AvgIpc) is 2.83. The number of esters is 1. The summed E-state index contributed by atoms with van der Waals surface area (Å²) >= 11 is 12.2. The molecule has 0 heterocycles. The van der Waals surface area contributed by atoms with Crippen LogP contribution >= 0.6 is 23.2 Å². The number of hydrogen-bond donors (Lipinski definition) is 1. The van der Waals surface area contributed by atoms with Gasteiger partial charge in [-0.1, -0.05) is 41.4 Å². The van der Waals surface area contributed by atoms with E-state index in [-0.39, 0.29) is 31.9 Å². The molecule has 0 aromatic heterocycles. The Labute approximate surface area is 207 Å². The fraction of sp³-hybridized carbons (Fsp3) is 0.130. The zero-order chi connectivity index (χ0) is 24.9. The lowest BCUT2D eigenvalue weighted by Gasteiger charge is -2.24. The minimum atomic E-state index is -4.13. The summed E-state index contributed by atoms with van der Waals surface area (Å²) in [6.45, 7) is -0.573.